The molecule has 13 heteroatoms. The quantitative estimate of drug-likeness (QED) is 0.141. The van der Waals surface area contributed by atoms with Gasteiger partial charge < -0.3 is 20.9 Å². The maximum absolute atomic E-state index is 12.6. The summed E-state index contributed by atoms with van der Waals surface area (Å²) in [5.74, 6) is -0.419. The summed E-state index contributed by atoms with van der Waals surface area (Å²) in [6.07, 6.45) is 7.57. The minimum absolute atomic E-state index is 0.253. The standard InChI is InChI=1S/C26H25ClN8O3S/c1-35(2)10-3-8-28-22(36)6-7-23(37)34-21-13-18-20(14-30-21)31-15-32-25(18)33-16-4-5-17(19(27)12-16)24(38)26-29-9-11-39-26/h4-7,9,11-15H,3,8,10H2,1-2H3,(H,28,36)(H,30,34,37)(H,31,32,33). The van der Waals surface area contributed by atoms with E-state index < -0.39 is 5.91 Å². The third-order valence-electron chi connectivity index (χ3n) is 5.34. The van der Waals surface area contributed by atoms with Crippen LogP contribution in [-0.4, -0.2) is 69.6 Å². The van der Waals surface area contributed by atoms with Crippen LogP contribution in [0.25, 0.3) is 10.9 Å². The number of ketones is 1. The monoisotopic (exact) mass is 564 g/mol. The number of anilines is 3. The second-order valence-corrected chi connectivity index (χ2v) is 9.87. The molecule has 39 heavy (non-hydrogen) atoms. The highest BCUT2D eigenvalue weighted by Crippen LogP contribution is 2.28. The van der Waals surface area contributed by atoms with Crippen molar-refractivity contribution in [2.45, 2.75) is 6.42 Å². The molecule has 3 aromatic heterocycles. The fraction of sp³-hybridized carbons (Fsp3) is 0.192. The molecular formula is C26H25ClN8O3S. The summed E-state index contributed by atoms with van der Waals surface area (Å²) in [5, 5.41) is 11.5. The molecule has 3 heterocycles. The zero-order valence-corrected chi connectivity index (χ0v) is 22.7. The highest BCUT2D eigenvalue weighted by Gasteiger charge is 2.16. The number of amides is 2. The number of thiazole rings is 1. The minimum Gasteiger partial charge on any atom is -0.353 e. The van der Waals surface area contributed by atoms with Gasteiger partial charge in [-0.15, -0.1) is 11.3 Å². The number of pyridine rings is 1. The molecule has 0 bridgehead atoms. The van der Waals surface area contributed by atoms with E-state index in [0.717, 1.165) is 19.0 Å². The minimum atomic E-state index is -0.510. The van der Waals surface area contributed by atoms with Crippen LogP contribution in [0.1, 0.15) is 21.8 Å². The number of aromatic nitrogens is 4. The van der Waals surface area contributed by atoms with Crippen LogP contribution in [-0.2, 0) is 9.59 Å². The Labute approximate surface area is 233 Å². The molecule has 0 saturated heterocycles. The third kappa shape index (κ3) is 7.63. The highest BCUT2D eigenvalue weighted by atomic mass is 35.5. The van der Waals surface area contributed by atoms with Gasteiger partial charge in [0.05, 0.1) is 16.7 Å². The molecule has 11 nitrogen and oxygen atoms in total. The van der Waals surface area contributed by atoms with Crippen LogP contribution in [0.4, 0.5) is 17.3 Å². The number of carbonyl (C=O) groups is 3. The van der Waals surface area contributed by atoms with Gasteiger partial charge in [-0.05, 0) is 51.3 Å². The molecule has 0 aliphatic heterocycles. The Hall–Kier alpha value is -4.26. The predicted octanol–water partition coefficient (Wildman–Crippen LogP) is 3.67. The summed E-state index contributed by atoms with van der Waals surface area (Å²) < 4.78 is 0. The lowest BCUT2D eigenvalue weighted by atomic mass is 10.1. The molecular weight excluding hydrogens is 540 g/mol. The molecule has 4 rings (SSSR count). The first-order valence-corrected chi connectivity index (χ1v) is 13.1. The Morgan fingerprint density at radius 2 is 1.87 bits per heavy atom. The van der Waals surface area contributed by atoms with Gasteiger partial charge in [-0.2, -0.15) is 0 Å². The number of hydrogen-bond donors (Lipinski definition) is 3. The van der Waals surface area contributed by atoms with Crippen LogP contribution in [0, 0.1) is 0 Å². The fourth-order valence-electron chi connectivity index (χ4n) is 3.48. The molecule has 0 atom stereocenters. The van der Waals surface area contributed by atoms with Crippen molar-refractivity contribution >= 4 is 68.8 Å². The Morgan fingerprint density at radius 3 is 2.62 bits per heavy atom. The largest absolute Gasteiger partial charge is 0.353 e. The van der Waals surface area contributed by atoms with Crippen LogP contribution in [0.2, 0.25) is 5.02 Å². The smallest absolute Gasteiger partial charge is 0.249 e. The van der Waals surface area contributed by atoms with Gasteiger partial charge in [-0.3, -0.25) is 14.4 Å². The molecule has 0 spiro atoms. The number of nitrogens with zero attached hydrogens (tertiary/aromatic N) is 5. The van der Waals surface area contributed by atoms with Crippen molar-refractivity contribution in [2.75, 3.05) is 37.8 Å². The summed E-state index contributed by atoms with van der Waals surface area (Å²) in [4.78, 5) is 55.7. The average Bonchev–Trinajstić information content (AvgIpc) is 3.45. The molecule has 0 fully saturated rings. The lowest BCUT2D eigenvalue weighted by molar-refractivity contribution is -0.117. The van der Waals surface area contributed by atoms with Crippen molar-refractivity contribution in [2.24, 2.45) is 0 Å². The molecule has 0 aliphatic carbocycles. The van der Waals surface area contributed by atoms with E-state index in [0.29, 0.717) is 39.5 Å². The van der Waals surface area contributed by atoms with E-state index in [1.165, 1.54) is 29.9 Å². The highest BCUT2D eigenvalue weighted by molar-refractivity contribution is 7.11. The lowest BCUT2D eigenvalue weighted by Crippen LogP contribution is -2.25. The molecule has 1 aromatic carbocycles. The van der Waals surface area contributed by atoms with E-state index >= 15 is 0 Å². The van der Waals surface area contributed by atoms with Gasteiger partial charge in [0.2, 0.25) is 17.6 Å². The first kappa shape index (κ1) is 27.8. The van der Waals surface area contributed by atoms with Gasteiger partial charge in [-0.1, -0.05) is 11.6 Å². The van der Waals surface area contributed by atoms with E-state index in [9.17, 15) is 14.4 Å². The van der Waals surface area contributed by atoms with Crippen LogP contribution in [0.3, 0.4) is 0 Å². The van der Waals surface area contributed by atoms with E-state index in [4.69, 9.17) is 11.6 Å². The molecule has 0 unspecified atom stereocenters. The average molecular weight is 565 g/mol. The summed E-state index contributed by atoms with van der Waals surface area (Å²) in [5.41, 5.74) is 1.48. The molecule has 0 aliphatic rings. The molecule has 2 amide bonds. The Bertz CT molecular complexity index is 1530. The van der Waals surface area contributed by atoms with Gasteiger partial charge in [0.15, 0.2) is 5.01 Å². The first-order chi connectivity index (χ1) is 18.8. The number of halogens is 1. The number of rotatable bonds is 11. The van der Waals surface area contributed by atoms with Crippen molar-refractivity contribution in [3.63, 3.8) is 0 Å². The number of nitrogens with one attached hydrogen (secondary N) is 3. The lowest BCUT2D eigenvalue weighted by Gasteiger charge is -2.11. The summed E-state index contributed by atoms with van der Waals surface area (Å²) >= 11 is 7.64. The number of hydrogen-bond acceptors (Lipinski definition) is 10. The molecule has 4 aromatic rings. The van der Waals surface area contributed by atoms with Crippen LogP contribution < -0.4 is 16.0 Å². The Morgan fingerprint density at radius 1 is 1.05 bits per heavy atom. The van der Waals surface area contributed by atoms with Crippen LogP contribution in [0.5, 0.6) is 0 Å². The van der Waals surface area contributed by atoms with E-state index in [1.807, 2.05) is 19.0 Å². The van der Waals surface area contributed by atoms with E-state index in [1.54, 1.807) is 35.8 Å². The van der Waals surface area contributed by atoms with Crippen molar-refractivity contribution in [3.05, 3.63) is 76.1 Å². The second kappa shape index (κ2) is 13.0. The zero-order chi connectivity index (χ0) is 27.8. The molecule has 0 radical (unpaired) electrons. The van der Waals surface area contributed by atoms with E-state index in [2.05, 4.69) is 35.9 Å². The van der Waals surface area contributed by atoms with Crippen LogP contribution >= 0.6 is 22.9 Å². The van der Waals surface area contributed by atoms with Gasteiger partial charge >= 0.3 is 0 Å². The Kier molecular flexibility index (Phi) is 9.26. The summed E-state index contributed by atoms with van der Waals surface area (Å²) in [7, 11) is 3.92. The van der Waals surface area contributed by atoms with Gasteiger partial charge in [0.25, 0.3) is 0 Å². The number of benzene rings is 1. The molecule has 3 N–H and O–H groups in total. The maximum atomic E-state index is 12.6. The van der Waals surface area contributed by atoms with Crippen molar-refractivity contribution in [1.29, 1.82) is 0 Å². The molecule has 200 valence electrons. The normalized spacial score (nSPS) is 11.2. The van der Waals surface area contributed by atoms with E-state index in [-0.39, 0.29) is 22.5 Å². The number of carbonyl (C=O) groups excluding carboxylic acids is 3. The summed E-state index contributed by atoms with van der Waals surface area (Å²) in [6.45, 7) is 1.37. The number of fused-ring (bicyclic) bond motifs is 1. The van der Waals surface area contributed by atoms with Gasteiger partial charge in [0, 0.05) is 46.9 Å². The van der Waals surface area contributed by atoms with Gasteiger partial charge in [-0.25, -0.2) is 19.9 Å². The molecule has 0 saturated carbocycles. The zero-order valence-electron chi connectivity index (χ0n) is 21.1. The second-order valence-electron chi connectivity index (χ2n) is 8.57. The maximum Gasteiger partial charge on any atom is 0.249 e. The van der Waals surface area contributed by atoms with Crippen molar-refractivity contribution in [3.8, 4) is 0 Å². The summed E-state index contributed by atoms with van der Waals surface area (Å²) in [6, 6.07) is 6.57. The fourth-order valence-corrected chi connectivity index (χ4v) is 4.33. The van der Waals surface area contributed by atoms with Gasteiger partial charge in [0.1, 0.15) is 18.0 Å². The third-order valence-corrected chi connectivity index (χ3v) is 6.43. The Balaban J connectivity index is 1.43. The SMILES string of the molecule is CN(C)CCCNC(=O)C=CC(=O)Nc1cc2c(Nc3ccc(C(=O)c4nccs4)c(Cl)c3)ncnc2cn1. The van der Waals surface area contributed by atoms with Crippen molar-refractivity contribution < 1.29 is 14.4 Å². The topological polar surface area (TPSA) is 142 Å². The van der Waals surface area contributed by atoms with Crippen LogP contribution in [0.15, 0.2) is 60.5 Å². The first-order valence-electron chi connectivity index (χ1n) is 11.8. The van der Waals surface area contributed by atoms with Crippen molar-refractivity contribution in [1.82, 2.24) is 30.2 Å². The predicted molar refractivity (Wildman–Crippen MR) is 152 cm³/mol.